The van der Waals surface area contributed by atoms with E-state index in [0.717, 1.165) is 4.90 Å². The summed E-state index contributed by atoms with van der Waals surface area (Å²) >= 11 is 0. The third kappa shape index (κ3) is 4.74. The van der Waals surface area contributed by atoms with Gasteiger partial charge in [0.25, 0.3) is 0 Å². The second-order valence-electron chi connectivity index (χ2n) is 3.07. The van der Waals surface area contributed by atoms with Gasteiger partial charge in [0.2, 0.25) is 0 Å². The SMILES string of the molecule is COC(=O)CN(CC(=O)OC)C(C)C(=O)O. The molecular formula is C9H15NO6. The van der Waals surface area contributed by atoms with Gasteiger partial charge in [-0.1, -0.05) is 0 Å². The largest absolute Gasteiger partial charge is 0.480 e. The highest BCUT2D eigenvalue weighted by Crippen LogP contribution is 2.00. The number of carboxylic acid groups (broad SMARTS) is 1. The van der Waals surface area contributed by atoms with Gasteiger partial charge in [-0.15, -0.1) is 0 Å². The molecule has 0 spiro atoms. The molecule has 0 radical (unpaired) electrons. The predicted octanol–water partition coefficient (Wildman–Crippen LogP) is -0.892. The van der Waals surface area contributed by atoms with Gasteiger partial charge in [0.05, 0.1) is 27.3 Å². The number of carbonyl (C=O) groups excluding carboxylic acids is 2. The minimum absolute atomic E-state index is 0.279. The normalized spacial score (nSPS) is 12.0. The number of aliphatic carboxylic acids is 1. The number of hydrogen-bond donors (Lipinski definition) is 1. The molecule has 0 saturated carbocycles. The van der Waals surface area contributed by atoms with E-state index in [4.69, 9.17) is 5.11 Å². The van der Waals surface area contributed by atoms with Crippen molar-refractivity contribution >= 4 is 17.9 Å². The summed E-state index contributed by atoms with van der Waals surface area (Å²) in [7, 11) is 2.37. The molecule has 0 fully saturated rings. The molecule has 0 aromatic heterocycles. The van der Waals surface area contributed by atoms with Gasteiger partial charge >= 0.3 is 17.9 Å². The Hall–Kier alpha value is -1.63. The third-order valence-electron chi connectivity index (χ3n) is 2.02. The first-order valence-electron chi connectivity index (χ1n) is 4.52. The summed E-state index contributed by atoms with van der Waals surface area (Å²) in [5.41, 5.74) is 0. The van der Waals surface area contributed by atoms with E-state index >= 15 is 0 Å². The monoisotopic (exact) mass is 233 g/mol. The number of methoxy groups -OCH3 is 2. The Kier molecular flexibility index (Phi) is 6.09. The molecular weight excluding hydrogens is 218 g/mol. The average Bonchev–Trinajstić information content (AvgIpc) is 2.26. The average molecular weight is 233 g/mol. The van der Waals surface area contributed by atoms with Crippen LogP contribution in [0.15, 0.2) is 0 Å². The van der Waals surface area contributed by atoms with E-state index < -0.39 is 23.9 Å². The first kappa shape index (κ1) is 14.4. The zero-order valence-corrected chi connectivity index (χ0v) is 9.43. The fourth-order valence-electron chi connectivity index (χ4n) is 0.947. The predicted molar refractivity (Wildman–Crippen MR) is 52.7 cm³/mol. The fourth-order valence-corrected chi connectivity index (χ4v) is 0.947. The molecule has 0 rings (SSSR count). The van der Waals surface area contributed by atoms with Crippen LogP contribution in [0.5, 0.6) is 0 Å². The van der Waals surface area contributed by atoms with Gasteiger partial charge in [-0.25, -0.2) is 0 Å². The molecule has 0 amide bonds. The number of ether oxygens (including phenoxy) is 2. The molecule has 0 bridgehead atoms. The lowest BCUT2D eigenvalue weighted by molar-refractivity contribution is -0.150. The van der Waals surface area contributed by atoms with E-state index in [9.17, 15) is 14.4 Å². The van der Waals surface area contributed by atoms with Gasteiger partial charge in [0.1, 0.15) is 6.04 Å². The van der Waals surface area contributed by atoms with Crippen molar-refractivity contribution in [3.05, 3.63) is 0 Å². The molecule has 0 heterocycles. The Bertz CT molecular complexity index is 259. The minimum Gasteiger partial charge on any atom is -0.480 e. The molecule has 0 aromatic carbocycles. The maximum absolute atomic E-state index is 11.0. The molecule has 16 heavy (non-hydrogen) atoms. The maximum Gasteiger partial charge on any atom is 0.320 e. The fraction of sp³-hybridized carbons (Fsp3) is 0.667. The maximum atomic E-state index is 11.0. The van der Waals surface area contributed by atoms with Gasteiger partial charge in [0.15, 0.2) is 0 Å². The van der Waals surface area contributed by atoms with Crippen molar-refractivity contribution in [2.45, 2.75) is 13.0 Å². The Morgan fingerprint density at radius 1 is 1.12 bits per heavy atom. The first-order valence-corrected chi connectivity index (χ1v) is 4.52. The van der Waals surface area contributed by atoms with E-state index in [1.54, 1.807) is 0 Å². The van der Waals surface area contributed by atoms with Crippen LogP contribution < -0.4 is 0 Å². The van der Waals surface area contributed by atoms with Crippen LogP contribution in [0.3, 0.4) is 0 Å². The molecule has 1 atom stereocenters. The number of carbonyl (C=O) groups is 3. The zero-order valence-electron chi connectivity index (χ0n) is 9.43. The highest BCUT2D eigenvalue weighted by atomic mass is 16.5. The Balaban J connectivity index is 4.55. The van der Waals surface area contributed by atoms with Gasteiger partial charge in [-0.2, -0.15) is 0 Å². The van der Waals surface area contributed by atoms with E-state index in [-0.39, 0.29) is 13.1 Å². The molecule has 0 saturated heterocycles. The zero-order chi connectivity index (χ0) is 12.7. The van der Waals surface area contributed by atoms with Crippen molar-refractivity contribution in [2.75, 3.05) is 27.3 Å². The molecule has 0 aliphatic rings. The van der Waals surface area contributed by atoms with Gasteiger partial charge in [0, 0.05) is 0 Å². The quantitative estimate of drug-likeness (QED) is 0.594. The van der Waals surface area contributed by atoms with Crippen molar-refractivity contribution < 1.29 is 29.0 Å². The number of carboxylic acids is 1. The van der Waals surface area contributed by atoms with Crippen LogP contribution in [-0.2, 0) is 23.9 Å². The lowest BCUT2D eigenvalue weighted by atomic mass is 10.3. The summed E-state index contributed by atoms with van der Waals surface area (Å²) in [6, 6.07) is -0.974. The van der Waals surface area contributed by atoms with Gasteiger partial charge < -0.3 is 14.6 Å². The number of esters is 2. The van der Waals surface area contributed by atoms with Crippen molar-refractivity contribution in [3.63, 3.8) is 0 Å². The second-order valence-corrected chi connectivity index (χ2v) is 3.07. The van der Waals surface area contributed by atoms with Crippen LogP contribution in [0.1, 0.15) is 6.92 Å². The summed E-state index contributed by atoms with van der Waals surface area (Å²) in [5.74, 6) is -2.36. The third-order valence-corrected chi connectivity index (χ3v) is 2.02. The molecule has 7 heteroatoms. The molecule has 0 aromatic rings. The highest BCUT2D eigenvalue weighted by molar-refractivity contribution is 5.78. The van der Waals surface area contributed by atoms with Crippen molar-refractivity contribution in [1.29, 1.82) is 0 Å². The highest BCUT2D eigenvalue weighted by Gasteiger charge is 2.25. The van der Waals surface area contributed by atoms with E-state index in [1.165, 1.54) is 21.1 Å². The minimum atomic E-state index is -1.13. The van der Waals surface area contributed by atoms with Crippen LogP contribution in [0, 0.1) is 0 Å². The summed E-state index contributed by atoms with van der Waals surface area (Å²) in [6.07, 6.45) is 0. The number of hydrogen-bond acceptors (Lipinski definition) is 6. The summed E-state index contributed by atoms with van der Waals surface area (Å²) in [4.78, 5) is 33.9. The van der Waals surface area contributed by atoms with E-state index in [2.05, 4.69) is 9.47 Å². The van der Waals surface area contributed by atoms with Gasteiger partial charge in [-0.05, 0) is 6.92 Å². The second kappa shape index (κ2) is 6.78. The summed E-state index contributed by atoms with van der Waals surface area (Å²) < 4.78 is 8.80. The Morgan fingerprint density at radius 3 is 1.75 bits per heavy atom. The number of nitrogens with zero attached hydrogens (tertiary/aromatic N) is 1. The number of rotatable bonds is 6. The standard InChI is InChI=1S/C9H15NO6/c1-6(9(13)14)10(4-7(11)15-2)5-8(12)16-3/h6H,4-5H2,1-3H3,(H,13,14). The van der Waals surface area contributed by atoms with Crippen molar-refractivity contribution in [3.8, 4) is 0 Å². The Labute approximate surface area is 92.9 Å². The summed E-state index contributed by atoms with van der Waals surface area (Å²) in [5, 5.41) is 8.78. The van der Waals surface area contributed by atoms with Crippen LogP contribution in [0.25, 0.3) is 0 Å². The van der Waals surface area contributed by atoms with E-state index in [1.807, 2.05) is 0 Å². The van der Waals surface area contributed by atoms with Crippen molar-refractivity contribution in [1.82, 2.24) is 4.90 Å². The van der Waals surface area contributed by atoms with Crippen LogP contribution >= 0.6 is 0 Å². The van der Waals surface area contributed by atoms with Crippen LogP contribution in [0.2, 0.25) is 0 Å². The lowest BCUT2D eigenvalue weighted by Crippen LogP contribution is -2.45. The lowest BCUT2D eigenvalue weighted by Gasteiger charge is -2.23. The Morgan fingerprint density at radius 2 is 1.50 bits per heavy atom. The smallest absolute Gasteiger partial charge is 0.320 e. The van der Waals surface area contributed by atoms with E-state index in [0.29, 0.717) is 0 Å². The van der Waals surface area contributed by atoms with Crippen LogP contribution in [0.4, 0.5) is 0 Å². The van der Waals surface area contributed by atoms with Crippen molar-refractivity contribution in [2.24, 2.45) is 0 Å². The molecule has 92 valence electrons. The molecule has 1 N–H and O–H groups in total. The molecule has 1 unspecified atom stereocenters. The first-order chi connectivity index (χ1) is 7.42. The molecule has 7 nitrogen and oxygen atoms in total. The topological polar surface area (TPSA) is 93.1 Å². The van der Waals surface area contributed by atoms with Crippen LogP contribution in [-0.4, -0.2) is 61.3 Å². The van der Waals surface area contributed by atoms with Gasteiger partial charge in [-0.3, -0.25) is 19.3 Å². The molecule has 0 aliphatic heterocycles. The molecule has 0 aliphatic carbocycles. The summed E-state index contributed by atoms with van der Waals surface area (Å²) in [6.45, 7) is 0.812.